The van der Waals surface area contributed by atoms with E-state index < -0.39 is 0 Å². The molecule has 0 amide bonds. The molecule has 198 valence electrons. The fraction of sp³-hybridized carbons (Fsp3) is 0.806. The van der Waals surface area contributed by atoms with E-state index in [0.29, 0.717) is 6.04 Å². The molecule has 34 heavy (non-hydrogen) atoms. The number of anilines is 1. The Balaban J connectivity index is 0.000000263. The molecule has 4 aliphatic rings. The van der Waals surface area contributed by atoms with Crippen LogP contribution in [0.25, 0.3) is 0 Å². The number of aryl methyl sites for hydroxylation is 1. The van der Waals surface area contributed by atoms with Crippen LogP contribution in [0.2, 0.25) is 0 Å². The minimum Gasteiger partial charge on any atom is -0.369 e. The van der Waals surface area contributed by atoms with Crippen molar-refractivity contribution in [1.29, 1.82) is 0 Å². The molecule has 0 radical (unpaired) electrons. The predicted octanol–water partition coefficient (Wildman–Crippen LogP) is 7.88. The minimum absolute atomic E-state index is 0. The normalized spacial score (nSPS) is 24.0. The lowest BCUT2D eigenvalue weighted by Gasteiger charge is -2.46. The second-order valence-electron chi connectivity index (χ2n) is 11.2. The highest BCUT2D eigenvalue weighted by Gasteiger charge is 2.33. The predicted molar refractivity (Wildman–Crippen MR) is 154 cm³/mol. The first-order chi connectivity index (χ1) is 15.4. The Hall–Kier alpha value is -1.06. The van der Waals surface area contributed by atoms with Crippen molar-refractivity contribution in [2.75, 3.05) is 31.1 Å². The van der Waals surface area contributed by atoms with Crippen molar-refractivity contribution in [2.45, 2.75) is 132 Å². The lowest BCUT2D eigenvalue weighted by molar-refractivity contribution is 0.0371. The van der Waals surface area contributed by atoms with Crippen LogP contribution in [0.3, 0.4) is 0 Å². The third-order valence-corrected chi connectivity index (χ3v) is 7.93. The van der Waals surface area contributed by atoms with Crippen molar-refractivity contribution in [2.24, 2.45) is 5.92 Å². The van der Waals surface area contributed by atoms with Gasteiger partial charge in [-0.15, -0.1) is 0 Å². The van der Waals surface area contributed by atoms with Crippen LogP contribution in [0.1, 0.15) is 107 Å². The van der Waals surface area contributed by atoms with Gasteiger partial charge in [0.25, 0.3) is 0 Å². The van der Waals surface area contributed by atoms with Gasteiger partial charge in [0.15, 0.2) is 0 Å². The lowest BCUT2D eigenvalue weighted by Crippen LogP contribution is -2.49. The number of nitrogens with zero attached hydrogens (tertiary/aromatic N) is 3. The van der Waals surface area contributed by atoms with Crippen molar-refractivity contribution >= 4 is 5.69 Å². The molecule has 2 unspecified atom stereocenters. The third-order valence-electron chi connectivity index (χ3n) is 7.93. The van der Waals surface area contributed by atoms with Crippen molar-refractivity contribution in [3.05, 3.63) is 29.8 Å². The largest absolute Gasteiger partial charge is 0.369 e. The molecule has 3 aliphatic heterocycles. The Morgan fingerprint density at radius 2 is 1.32 bits per heavy atom. The first kappa shape index (κ1) is 31.0. The molecule has 1 aliphatic carbocycles. The highest BCUT2D eigenvalue weighted by molar-refractivity contribution is 5.55. The molecule has 0 spiro atoms. The number of para-hydroxylation sites is 1. The van der Waals surface area contributed by atoms with E-state index in [4.69, 9.17) is 0 Å². The standard InChI is InChI=1S/C12H23N.C12H17N.C5H11N.2CH4/c2*1-10(2)13-9-5-7-11-6-3-4-8-12(11)13;1-5(2)6-3-4-6;;/h10-12H,3-9H2,1-2H3;3-4,6,8,10H,5,7,9H2,1-2H3;5H,3-4H2,1-2H3;2*1H4. The number of benzene rings is 1. The van der Waals surface area contributed by atoms with Crippen LogP contribution in [0.5, 0.6) is 0 Å². The minimum atomic E-state index is 0. The number of hydrogen-bond acceptors (Lipinski definition) is 3. The zero-order valence-corrected chi connectivity index (χ0v) is 22.0. The number of likely N-dealkylation sites (tertiary alicyclic amines) is 1. The van der Waals surface area contributed by atoms with Gasteiger partial charge in [0.1, 0.15) is 0 Å². The van der Waals surface area contributed by atoms with Gasteiger partial charge in [-0.2, -0.15) is 0 Å². The second-order valence-corrected chi connectivity index (χ2v) is 11.2. The first-order valence-corrected chi connectivity index (χ1v) is 13.7. The van der Waals surface area contributed by atoms with E-state index in [-0.39, 0.29) is 14.9 Å². The SMILES string of the molecule is C.C.CC(C)N1CC1.CC(C)N1CCCC2CCCCC21.CC(C)N1CCCc2ccccc21. The monoisotopic (exact) mass is 473 g/mol. The van der Waals surface area contributed by atoms with Gasteiger partial charge in [0.2, 0.25) is 0 Å². The van der Waals surface area contributed by atoms with Gasteiger partial charge >= 0.3 is 0 Å². The van der Waals surface area contributed by atoms with Crippen LogP contribution in [0.15, 0.2) is 24.3 Å². The molecule has 3 heteroatoms. The van der Waals surface area contributed by atoms with E-state index in [2.05, 4.69) is 80.5 Å². The average molecular weight is 474 g/mol. The van der Waals surface area contributed by atoms with Crippen LogP contribution >= 0.6 is 0 Å². The number of hydrogen-bond donors (Lipinski definition) is 0. The van der Waals surface area contributed by atoms with Crippen molar-refractivity contribution < 1.29 is 0 Å². The molecule has 2 saturated heterocycles. The molecular formula is C31H59N3. The van der Waals surface area contributed by atoms with E-state index in [1.54, 1.807) is 0 Å². The second kappa shape index (κ2) is 15.1. The maximum atomic E-state index is 2.76. The summed E-state index contributed by atoms with van der Waals surface area (Å²) in [6, 6.07) is 11.9. The van der Waals surface area contributed by atoms with Gasteiger partial charge in [-0.25, -0.2) is 0 Å². The molecule has 0 N–H and O–H groups in total. The molecule has 1 aromatic carbocycles. The zero-order chi connectivity index (χ0) is 23.1. The number of piperidine rings is 1. The molecule has 2 atom stereocenters. The Labute approximate surface area is 214 Å². The smallest absolute Gasteiger partial charge is 0.0401 e. The summed E-state index contributed by atoms with van der Waals surface area (Å²) < 4.78 is 0. The van der Waals surface area contributed by atoms with E-state index in [1.165, 1.54) is 88.8 Å². The number of rotatable bonds is 3. The van der Waals surface area contributed by atoms with Crippen molar-refractivity contribution in [3.8, 4) is 0 Å². The van der Waals surface area contributed by atoms with Gasteiger partial charge in [-0.1, -0.05) is 45.9 Å². The maximum absolute atomic E-state index is 2.76. The average Bonchev–Trinajstić information content (AvgIpc) is 3.65. The number of fused-ring (bicyclic) bond motifs is 2. The van der Waals surface area contributed by atoms with Crippen LogP contribution in [0, 0.1) is 5.92 Å². The quantitative estimate of drug-likeness (QED) is 0.413. The van der Waals surface area contributed by atoms with Crippen LogP contribution in [-0.4, -0.2) is 60.1 Å². The molecular weight excluding hydrogens is 414 g/mol. The van der Waals surface area contributed by atoms with Crippen LogP contribution in [-0.2, 0) is 6.42 Å². The summed E-state index contributed by atoms with van der Waals surface area (Å²) in [4.78, 5) is 7.67. The summed E-state index contributed by atoms with van der Waals surface area (Å²) in [5.74, 6) is 1.05. The van der Waals surface area contributed by atoms with Crippen LogP contribution < -0.4 is 4.90 Å². The first-order valence-electron chi connectivity index (χ1n) is 13.7. The molecule has 1 aromatic rings. The molecule has 1 saturated carbocycles. The van der Waals surface area contributed by atoms with Crippen molar-refractivity contribution in [1.82, 2.24) is 9.80 Å². The van der Waals surface area contributed by atoms with Gasteiger partial charge in [0, 0.05) is 49.5 Å². The molecule has 3 heterocycles. The Morgan fingerprint density at radius 3 is 1.91 bits per heavy atom. The Kier molecular flexibility index (Phi) is 13.8. The highest BCUT2D eigenvalue weighted by Crippen LogP contribution is 2.36. The molecule has 0 aromatic heterocycles. The molecule has 5 rings (SSSR count). The summed E-state index contributed by atoms with van der Waals surface area (Å²) in [6.45, 7) is 18.9. The fourth-order valence-electron chi connectivity index (χ4n) is 5.98. The summed E-state index contributed by atoms with van der Waals surface area (Å²) >= 11 is 0. The lowest BCUT2D eigenvalue weighted by atomic mass is 9.78. The summed E-state index contributed by atoms with van der Waals surface area (Å²) in [5.41, 5.74) is 2.96. The van der Waals surface area contributed by atoms with Crippen LogP contribution in [0.4, 0.5) is 5.69 Å². The van der Waals surface area contributed by atoms with Crippen molar-refractivity contribution in [3.63, 3.8) is 0 Å². The topological polar surface area (TPSA) is 9.49 Å². The van der Waals surface area contributed by atoms with E-state index in [1.807, 2.05) is 0 Å². The summed E-state index contributed by atoms with van der Waals surface area (Å²) in [5, 5.41) is 0. The molecule has 0 bridgehead atoms. The van der Waals surface area contributed by atoms with Gasteiger partial charge in [-0.3, -0.25) is 9.80 Å². The van der Waals surface area contributed by atoms with Gasteiger partial charge in [0.05, 0.1) is 0 Å². The Bertz CT molecular complexity index is 662. The maximum Gasteiger partial charge on any atom is 0.0401 e. The summed E-state index contributed by atoms with van der Waals surface area (Å²) in [7, 11) is 0. The highest BCUT2D eigenvalue weighted by atomic mass is 15.3. The molecule has 3 nitrogen and oxygen atoms in total. The zero-order valence-electron chi connectivity index (χ0n) is 22.0. The van der Waals surface area contributed by atoms with E-state index >= 15 is 0 Å². The summed E-state index contributed by atoms with van der Waals surface area (Å²) in [6.07, 6.45) is 11.5. The Morgan fingerprint density at radius 1 is 0.676 bits per heavy atom. The fourth-order valence-corrected chi connectivity index (χ4v) is 5.98. The van der Waals surface area contributed by atoms with Gasteiger partial charge in [-0.05, 0) is 104 Å². The van der Waals surface area contributed by atoms with E-state index in [0.717, 1.165) is 24.0 Å². The molecule has 3 fully saturated rings. The third kappa shape index (κ3) is 8.86. The van der Waals surface area contributed by atoms with E-state index in [9.17, 15) is 0 Å². The van der Waals surface area contributed by atoms with Gasteiger partial charge < -0.3 is 4.90 Å².